The first-order valence-electron chi connectivity index (χ1n) is 10.7. The molecule has 11 heteroatoms. The number of imide groups is 1. The van der Waals surface area contributed by atoms with Crippen molar-refractivity contribution < 1.29 is 23.5 Å². The van der Waals surface area contributed by atoms with Gasteiger partial charge in [0.05, 0.1) is 19.3 Å². The second kappa shape index (κ2) is 7.62. The number of benzene rings is 1. The summed E-state index contributed by atoms with van der Waals surface area (Å²) in [6, 6.07) is 9.66. The molecule has 2 aliphatic rings. The molecule has 0 bridgehead atoms. The van der Waals surface area contributed by atoms with Gasteiger partial charge in [0.25, 0.3) is 11.8 Å². The molecular formula is C24H18N6O5. The number of rotatable bonds is 5. The minimum Gasteiger partial charge on any atom is -0.497 e. The smallest absolute Gasteiger partial charge is 0.322 e. The number of methoxy groups -OCH3 is 1. The van der Waals surface area contributed by atoms with E-state index in [0.717, 1.165) is 11.1 Å². The number of urea groups is 1. The van der Waals surface area contributed by atoms with Crippen LogP contribution in [-0.4, -0.2) is 51.4 Å². The molecule has 0 spiro atoms. The van der Waals surface area contributed by atoms with E-state index in [9.17, 15) is 14.4 Å². The Bertz CT molecular complexity index is 1520. The molecule has 35 heavy (non-hydrogen) atoms. The van der Waals surface area contributed by atoms with Crippen molar-refractivity contribution in [3.8, 4) is 17.0 Å². The van der Waals surface area contributed by atoms with Gasteiger partial charge in [-0.25, -0.2) is 19.7 Å². The van der Waals surface area contributed by atoms with Crippen LogP contribution in [0.15, 0.2) is 59.5 Å². The van der Waals surface area contributed by atoms with Crippen molar-refractivity contribution in [2.24, 2.45) is 0 Å². The van der Waals surface area contributed by atoms with E-state index in [4.69, 9.17) is 9.15 Å². The molecule has 1 saturated heterocycles. The second-order valence-electron chi connectivity index (χ2n) is 8.32. The lowest BCUT2D eigenvalue weighted by molar-refractivity contribution is -0.125. The Kier molecular flexibility index (Phi) is 4.53. The van der Waals surface area contributed by atoms with E-state index in [2.05, 4.69) is 25.6 Å². The molecule has 4 aromatic rings. The van der Waals surface area contributed by atoms with Gasteiger partial charge in [-0.05, 0) is 29.8 Å². The third kappa shape index (κ3) is 3.28. The number of furan rings is 1. The highest BCUT2D eigenvalue weighted by molar-refractivity contribution is 6.08. The maximum atomic E-state index is 13.2. The molecule has 1 aromatic carbocycles. The van der Waals surface area contributed by atoms with Crippen LogP contribution in [0, 0.1) is 0 Å². The van der Waals surface area contributed by atoms with Gasteiger partial charge in [0.1, 0.15) is 23.4 Å². The Hall–Kier alpha value is -4.80. The highest BCUT2D eigenvalue weighted by atomic mass is 16.5. The number of nitrogens with one attached hydrogen (secondary N) is 2. The van der Waals surface area contributed by atoms with Gasteiger partial charge in [-0.15, -0.1) is 0 Å². The number of ether oxygens (including phenoxy) is 1. The molecule has 0 saturated carbocycles. The SMILES string of the molecule is COc1ccc2c(c1)C(=O)N(CC1(c3cc4nc(-c5cncnc5)ccc4o3)NC(=O)NC1=O)C2. The zero-order chi connectivity index (χ0) is 24.2. The number of carbonyl (C=O) groups is 3. The number of carbonyl (C=O) groups excluding carboxylic acids is 3. The van der Waals surface area contributed by atoms with Crippen LogP contribution in [0.2, 0.25) is 0 Å². The van der Waals surface area contributed by atoms with Gasteiger partial charge >= 0.3 is 6.03 Å². The predicted molar refractivity (Wildman–Crippen MR) is 121 cm³/mol. The molecule has 11 nitrogen and oxygen atoms in total. The summed E-state index contributed by atoms with van der Waals surface area (Å²) < 4.78 is 11.2. The van der Waals surface area contributed by atoms with Crippen molar-refractivity contribution in [1.29, 1.82) is 0 Å². The Labute approximate surface area is 198 Å². The van der Waals surface area contributed by atoms with Gasteiger partial charge in [0.15, 0.2) is 11.1 Å². The number of nitrogens with zero attached hydrogens (tertiary/aromatic N) is 4. The molecular weight excluding hydrogens is 452 g/mol. The Morgan fingerprint density at radius 3 is 2.69 bits per heavy atom. The van der Waals surface area contributed by atoms with Crippen LogP contribution < -0.4 is 15.4 Å². The van der Waals surface area contributed by atoms with Crippen molar-refractivity contribution in [2.75, 3.05) is 13.7 Å². The molecule has 0 radical (unpaired) electrons. The average molecular weight is 470 g/mol. The summed E-state index contributed by atoms with van der Waals surface area (Å²) in [5.41, 5.74) is 1.93. The van der Waals surface area contributed by atoms with Crippen LogP contribution in [0.5, 0.6) is 5.75 Å². The predicted octanol–water partition coefficient (Wildman–Crippen LogP) is 1.98. The molecule has 5 heterocycles. The highest BCUT2D eigenvalue weighted by Gasteiger charge is 2.53. The Morgan fingerprint density at radius 1 is 1.11 bits per heavy atom. The van der Waals surface area contributed by atoms with E-state index >= 15 is 0 Å². The molecule has 3 aromatic heterocycles. The fourth-order valence-electron chi connectivity index (χ4n) is 4.46. The van der Waals surface area contributed by atoms with Gasteiger partial charge in [0, 0.05) is 36.1 Å². The normalized spacial score (nSPS) is 19.1. The fraction of sp³-hybridized carbons (Fsp3) is 0.167. The number of hydrogen-bond acceptors (Lipinski definition) is 8. The topological polar surface area (TPSA) is 140 Å². The van der Waals surface area contributed by atoms with E-state index in [1.807, 2.05) is 6.07 Å². The van der Waals surface area contributed by atoms with Gasteiger partial charge < -0.3 is 19.4 Å². The molecule has 2 N–H and O–H groups in total. The Morgan fingerprint density at radius 2 is 1.94 bits per heavy atom. The number of amides is 4. The van der Waals surface area contributed by atoms with Crippen LogP contribution in [0.3, 0.4) is 0 Å². The van der Waals surface area contributed by atoms with Gasteiger partial charge in [-0.1, -0.05) is 6.07 Å². The van der Waals surface area contributed by atoms with Crippen LogP contribution in [0.4, 0.5) is 4.79 Å². The molecule has 4 amide bonds. The van der Waals surface area contributed by atoms with Crippen LogP contribution >= 0.6 is 0 Å². The van der Waals surface area contributed by atoms with E-state index in [1.54, 1.807) is 42.7 Å². The molecule has 174 valence electrons. The molecule has 0 aliphatic carbocycles. The lowest BCUT2D eigenvalue weighted by atomic mass is 9.95. The third-order valence-electron chi connectivity index (χ3n) is 6.22. The summed E-state index contributed by atoms with van der Waals surface area (Å²) >= 11 is 0. The first-order chi connectivity index (χ1) is 17.0. The maximum absolute atomic E-state index is 13.2. The summed E-state index contributed by atoms with van der Waals surface area (Å²) in [5, 5.41) is 4.95. The van der Waals surface area contributed by atoms with E-state index < -0.39 is 17.5 Å². The molecule has 1 fully saturated rings. The summed E-state index contributed by atoms with van der Waals surface area (Å²) in [5.74, 6) is -0.151. The lowest BCUT2D eigenvalue weighted by Crippen LogP contribution is -2.52. The number of hydrogen-bond donors (Lipinski definition) is 2. The minimum absolute atomic E-state index is 0.125. The Balaban J connectivity index is 1.38. The molecule has 1 atom stereocenters. The maximum Gasteiger partial charge on any atom is 0.322 e. The van der Waals surface area contributed by atoms with Crippen LogP contribution in [-0.2, 0) is 16.9 Å². The van der Waals surface area contributed by atoms with E-state index in [1.165, 1.54) is 18.3 Å². The minimum atomic E-state index is -1.62. The quantitative estimate of drug-likeness (QED) is 0.422. The van der Waals surface area contributed by atoms with Gasteiger partial charge in [-0.2, -0.15) is 0 Å². The first-order valence-corrected chi connectivity index (χ1v) is 10.7. The van der Waals surface area contributed by atoms with Crippen LogP contribution in [0.25, 0.3) is 22.4 Å². The van der Waals surface area contributed by atoms with E-state index in [0.29, 0.717) is 28.1 Å². The number of fused-ring (bicyclic) bond motifs is 2. The zero-order valence-electron chi connectivity index (χ0n) is 18.4. The van der Waals surface area contributed by atoms with Crippen molar-refractivity contribution in [3.05, 3.63) is 72.0 Å². The second-order valence-corrected chi connectivity index (χ2v) is 8.32. The highest BCUT2D eigenvalue weighted by Crippen LogP contribution is 2.35. The van der Waals surface area contributed by atoms with Gasteiger partial charge in [-0.3, -0.25) is 14.9 Å². The number of pyridine rings is 1. The standard InChI is InChI=1S/C24H18N6O5/c1-34-15-3-2-13-10-30(21(31)16(13)6-15)11-24(22(32)28-23(33)29-24)20-7-18-19(35-20)5-4-17(27-18)14-8-25-12-26-9-14/h2-9,12H,10-11H2,1H3,(H2,28,29,32,33). The molecule has 2 aliphatic heterocycles. The third-order valence-corrected chi connectivity index (χ3v) is 6.22. The molecule has 6 rings (SSSR count). The van der Waals surface area contributed by atoms with Gasteiger partial charge in [0.2, 0.25) is 0 Å². The largest absolute Gasteiger partial charge is 0.497 e. The fourth-order valence-corrected chi connectivity index (χ4v) is 4.46. The summed E-state index contributed by atoms with van der Waals surface area (Å²) in [6.07, 6.45) is 4.71. The first kappa shape index (κ1) is 20.8. The summed E-state index contributed by atoms with van der Waals surface area (Å²) in [7, 11) is 1.53. The summed E-state index contributed by atoms with van der Waals surface area (Å²) in [4.78, 5) is 52.6. The lowest BCUT2D eigenvalue weighted by Gasteiger charge is -2.28. The van der Waals surface area contributed by atoms with Crippen molar-refractivity contribution in [3.63, 3.8) is 0 Å². The van der Waals surface area contributed by atoms with Crippen molar-refractivity contribution in [2.45, 2.75) is 12.1 Å². The zero-order valence-corrected chi connectivity index (χ0v) is 18.4. The number of aromatic nitrogens is 3. The van der Waals surface area contributed by atoms with Crippen molar-refractivity contribution >= 4 is 28.9 Å². The monoisotopic (exact) mass is 470 g/mol. The molecule has 1 unspecified atom stereocenters. The van der Waals surface area contributed by atoms with Crippen molar-refractivity contribution in [1.82, 2.24) is 30.5 Å². The summed E-state index contributed by atoms with van der Waals surface area (Å²) in [6.45, 7) is 0.152. The average Bonchev–Trinajstić information content (AvgIpc) is 3.53. The van der Waals surface area contributed by atoms with Crippen LogP contribution in [0.1, 0.15) is 21.7 Å². The van der Waals surface area contributed by atoms with E-state index in [-0.39, 0.29) is 24.8 Å².